The molecular formula is C12H16FN3O3S. The molecule has 0 saturated carbocycles. The standard InChI is InChI=1S/C12H16FN3O3S/c1-9(17)15-4-6-16(7-5-15)20(18,19)12-8-10(13)2-3-11(12)14/h2-3,8H,4-7,14H2,1H3. The molecule has 0 radical (unpaired) electrons. The van der Waals surface area contributed by atoms with E-state index in [1.807, 2.05) is 0 Å². The summed E-state index contributed by atoms with van der Waals surface area (Å²) in [6.07, 6.45) is 0. The van der Waals surface area contributed by atoms with E-state index in [0.29, 0.717) is 13.1 Å². The molecule has 0 atom stereocenters. The van der Waals surface area contributed by atoms with Gasteiger partial charge < -0.3 is 10.6 Å². The average molecular weight is 301 g/mol. The fraction of sp³-hybridized carbons (Fsp3) is 0.417. The SMILES string of the molecule is CC(=O)N1CCN(S(=O)(=O)c2cc(F)ccc2N)CC1. The summed E-state index contributed by atoms with van der Waals surface area (Å²) in [5.74, 6) is -0.743. The minimum atomic E-state index is -3.83. The highest BCUT2D eigenvalue weighted by Gasteiger charge is 2.30. The molecule has 0 aromatic heterocycles. The molecule has 1 aromatic rings. The Hall–Kier alpha value is -1.67. The first-order valence-electron chi connectivity index (χ1n) is 6.13. The molecule has 8 heteroatoms. The van der Waals surface area contributed by atoms with Crippen LogP contribution >= 0.6 is 0 Å². The molecule has 0 aliphatic carbocycles. The molecule has 6 nitrogen and oxygen atoms in total. The topological polar surface area (TPSA) is 83.7 Å². The van der Waals surface area contributed by atoms with Crippen LogP contribution in [0.1, 0.15) is 6.92 Å². The van der Waals surface area contributed by atoms with Gasteiger partial charge in [0.2, 0.25) is 15.9 Å². The Balaban J connectivity index is 2.24. The van der Waals surface area contributed by atoms with Crippen LogP contribution in [0.15, 0.2) is 23.1 Å². The molecule has 1 fully saturated rings. The first kappa shape index (κ1) is 14.7. The lowest BCUT2D eigenvalue weighted by Gasteiger charge is -2.33. The van der Waals surface area contributed by atoms with Gasteiger partial charge in [0.05, 0.1) is 5.69 Å². The van der Waals surface area contributed by atoms with Crippen molar-refractivity contribution >= 4 is 21.6 Å². The van der Waals surface area contributed by atoms with E-state index < -0.39 is 15.8 Å². The predicted octanol–water partition coefficient (Wildman–Crippen LogP) is 0.261. The Morgan fingerprint density at radius 1 is 1.25 bits per heavy atom. The van der Waals surface area contributed by atoms with E-state index in [0.717, 1.165) is 12.1 Å². The lowest BCUT2D eigenvalue weighted by Crippen LogP contribution is -2.50. The number of nitrogens with two attached hydrogens (primary N) is 1. The first-order chi connectivity index (χ1) is 9.32. The van der Waals surface area contributed by atoms with Crippen LogP contribution < -0.4 is 5.73 Å². The van der Waals surface area contributed by atoms with Gasteiger partial charge in [0.25, 0.3) is 0 Å². The first-order valence-corrected chi connectivity index (χ1v) is 7.57. The van der Waals surface area contributed by atoms with Crippen LogP contribution in [0.5, 0.6) is 0 Å². The third-order valence-corrected chi connectivity index (χ3v) is 5.23. The second-order valence-corrected chi connectivity index (χ2v) is 6.50. The smallest absolute Gasteiger partial charge is 0.245 e. The summed E-state index contributed by atoms with van der Waals surface area (Å²) in [6.45, 7) is 2.44. The highest BCUT2D eigenvalue weighted by Crippen LogP contribution is 2.24. The molecule has 2 N–H and O–H groups in total. The van der Waals surface area contributed by atoms with E-state index >= 15 is 0 Å². The van der Waals surface area contributed by atoms with E-state index in [2.05, 4.69) is 0 Å². The zero-order valence-corrected chi connectivity index (χ0v) is 11.9. The molecule has 1 aliphatic rings. The number of hydrogen-bond acceptors (Lipinski definition) is 4. The Kier molecular flexibility index (Phi) is 3.96. The molecule has 110 valence electrons. The zero-order chi connectivity index (χ0) is 14.9. The summed E-state index contributed by atoms with van der Waals surface area (Å²) in [5, 5.41) is 0. The summed E-state index contributed by atoms with van der Waals surface area (Å²) in [7, 11) is -3.83. The van der Waals surface area contributed by atoms with Gasteiger partial charge in [-0.15, -0.1) is 0 Å². The van der Waals surface area contributed by atoms with Gasteiger partial charge in [-0.1, -0.05) is 0 Å². The summed E-state index contributed by atoms with van der Waals surface area (Å²) >= 11 is 0. The number of rotatable bonds is 2. The van der Waals surface area contributed by atoms with E-state index in [9.17, 15) is 17.6 Å². The van der Waals surface area contributed by atoms with Gasteiger partial charge >= 0.3 is 0 Å². The van der Waals surface area contributed by atoms with Crippen LogP contribution in [0.4, 0.5) is 10.1 Å². The molecule has 0 spiro atoms. The van der Waals surface area contributed by atoms with E-state index in [-0.39, 0.29) is 29.6 Å². The Morgan fingerprint density at radius 3 is 2.40 bits per heavy atom. The van der Waals surface area contributed by atoms with Gasteiger partial charge in [-0.05, 0) is 18.2 Å². The van der Waals surface area contributed by atoms with Crippen LogP contribution in [-0.4, -0.2) is 49.7 Å². The normalized spacial score (nSPS) is 17.2. The van der Waals surface area contributed by atoms with Crippen molar-refractivity contribution in [3.8, 4) is 0 Å². The van der Waals surface area contributed by atoms with E-state index in [1.165, 1.54) is 17.3 Å². The van der Waals surface area contributed by atoms with Crippen molar-refractivity contribution in [1.82, 2.24) is 9.21 Å². The van der Waals surface area contributed by atoms with Crippen molar-refractivity contribution < 1.29 is 17.6 Å². The summed E-state index contributed by atoms with van der Waals surface area (Å²) < 4.78 is 39.3. The highest BCUT2D eigenvalue weighted by molar-refractivity contribution is 7.89. The number of hydrogen-bond donors (Lipinski definition) is 1. The minimum Gasteiger partial charge on any atom is -0.398 e. The third-order valence-electron chi connectivity index (χ3n) is 3.28. The second-order valence-electron chi connectivity index (χ2n) is 4.59. The number of carbonyl (C=O) groups excluding carboxylic acids is 1. The van der Waals surface area contributed by atoms with Crippen molar-refractivity contribution in [2.75, 3.05) is 31.9 Å². The van der Waals surface area contributed by atoms with Crippen LogP contribution in [0, 0.1) is 5.82 Å². The Bertz CT molecular complexity index is 625. The zero-order valence-electron chi connectivity index (χ0n) is 11.0. The van der Waals surface area contributed by atoms with Gasteiger partial charge in [0.1, 0.15) is 10.7 Å². The number of piperazine rings is 1. The van der Waals surface area contributed by atoms with E-state index in [4.69, 9.17) is 5.73 Å². The molecule has 20 heavy (non-hydrogen) atoms. The van der Waals surface area contributed by atoms with E-state index in [1.54, 1.807) is 4.90 Å². The quantitative estimate of drug-likeness (QED) is 0.794. The monoisotopic (exact) mass is 301 g/mol. The predicted molar refractivity (Wildman–Crippen MR) is 71.8 cm³/mol. The Labute approximate surface area is 117 Å². The maximum absolute atomic E-state index is 13.2. The summed E-state index contributed by atoms with van der Waals surface area (Å²) in [5.41, 5.74) is 5.63. The number of nitrogens with zero attached hydrogens (tertiary/aromatic N) is 2. The molecule has 1 saturated heterocycles. The maximum atomic E-state index is 13.2. The second kappa shape index (κ2) is 5.37. The average Bonchev–Trinajstić information content (AvgIpc) is 2.41. The van der Waals surface area contributed by atoms with Gasteiger partial charge in [-0.2, -0.15) is 4.31 Å². The number of carbonyl (C=O) groups is 1. The van der Waals surface area contributed by atoms with Crippen LogP contribution in [0.2, 0.25) is 0 Å². The Morgan fingerprint density at radius 2 is 1.85 bits per heavy atom. The number of benzene rings is 1. The van der Waals surface area contributed by atoms with Gasteiger partial charge in [-0.25, -0.2) is 12.8 Å². The highest BCUT2D eigenvalue weighted by atomic mass is 32.2. The van der Waals surface area contributed by atoms with Crippen molar-refractivity contribution in [2.45, 2.75) is 11.8 Å². The number of amides is 1. The molecule has 1 amide bonds. The summed E-state index contributed by atoms with van der Waals surface area (Å²) in [6, 6.07) is 3.26. The van der Waals surface area contributed by atoms with Gasteiger partial charge in [-0.3, -0.25) is 4.79 Å². The molecule has 0 bridgehead atoms. The molecule has 0 unspecified atom stereocenters. The number of nitrogen functional groups attached to an aromatic ring is 1. The lowest BCUT2D eigenvalue weighted by molar-refractivity contribution is -0.129. The molecule has 2 rings (SSSR count). The van der Waals surface area contributed by atoms with Crippen LogP contribution in [0.3, 0.4) is 0 Å². The summed E-state index contributed by atoms with van der Waals surface area (Å²) in [4.78, 5) is 12.6. The largest absolute Gasteiger partial charge is 0.398 e. The van der Waals surface area contributed by atoms with Crippen LogP contribution in [0.25, 0.3) is 0 Å². The van der Waals surface area contributed by atoms with Gasteiger partial charge in [0, 0.05) is 33.1 Å². The number of sulfonamides is 1. The fourth-order valence-electron chi connectivity index (χ4n) is 2.11. The van der Waals surface area contributed by atoms with Crippen molar-refractivity contribution in [1.29, 1.82) is 0 Å². The molecule has 1 aromatic carbocycles. The number of halogens is 1. The molecular weight excluding hydrogens is 285 g/mol. The number of anilines is 1. The van der Waals surface area contributed by atoms with Gasteiger partial charge in [0.15, 0.2) is 0 Å². The van der Waals surface area contributed by atoms with Crippen LogP contribution in [-0.2, 0) is 14.8 Å². The lowest BCUT2D eigenvalue weighted by atomic mass is 10.3. The fourth-order valence-corrected chi connectivity index (χ4v) is 3.66. The molecule has 1 heterocycles. The third kappa shape index (κ3) is 2.75. The molecule has 1 aliphatic heterocycles. The minimum absolute atomic E-state index is 0.0143. The van der Waals surface area contributed by atoms with Crippen molar-refractivity contribution in [3.63, 3.8) is 0 Å². The van der Waals surface area contributed by atoms with Crippen molar-refractivity contribution in [3.05, 3.63) is 24.0 Å². The maximum Gasteiger partial charge on any atom is 0.245 e. The van der Waals surface area contributed by atoms with Crippen molar-refractivity contribution in [2.24, 2.45) is 0 Å².